The molecule has 0 aliphatic carbocycles. The quantitative estimate of drug-likeness (QED) is 0.864. The average Bonchev–Trinajstić information content (AvgIpc) is 3.00. The Labute approximate surface area is 155 Å². The third-order valence-corrected chi connectivity index (χ3v) is 5.47. The normalized spacial score (nSPS) is 29.0. The lowest BCUT2D eigenvalue weighted by atomic mass is 9.94. The van der Waals surface area contributed by atoms with Crippen LogP contribution in [0.25, 0.3) is 0 Å². The average molecular weight is 366 g/mol. The summed E-state index contributed by atoms with van der Waals surface area (Å²) < 4.78 is 0. The molecule has 2 saturated heterocycles. The van der Waals surface area contributed by atoms with Crippen LogP contribution in [0.2, 0.25) is 0 Å². The zero-order valence-corrected chi connectivity index (χ0v) is 15.8. The summed E-state index contributed by atoms with van der Waals surface area (Å²) in [4.78, 5) is 27.6. The predicted molar refractivity (Wildman–Crippen MR) is 101 cm³/mol. The molecule has 2 aliphatic rings. The second kappa shape index (κ2) is 8.19. The first-order chi connectivity index (χ1) is 11.5. The molecule has 1 aromatic carbocycles. The number of nitrogens with one attached hydrogen (secondary N) is 2. The molecule has 0 bridgehead atoms. The molecule has 2 fully saturated rings. The van der Waals surface area contributed by atoms with Crippen molar-refractivity contribution in [2.24, 2.45) is 0 Å². The number of hydrogen-bond acceptors (Lipinski definition) is 3. The first-order valence-electron chi connectivity index (χ1n) is 8.94. The van der Waals surface area contributed by atoms with Crippen molar-refractivity contribution >= 4 is 24.2 Å². The fourth-order valence-corrected chi connectivity index (χ4v) is 3.83. The van der Waals surface area contributed by atoms with E-state index in [1.54, 1.807) is 4.90 Å². The number of rotatable bonds is 3. The van der Waals surface area contributed by atoms with E-state index in [4.69, 9.17) is 0 Å². The fraction of sp³-hybridized carbons (Fsp3) is 0.579. The summed E-state index contributed by atoms with van der Waals surface area (Å²) in [7, 11) is 0. The molecule has 2 heterocycles. The van der Waals surface area contributed by atoms with Gasteiger partial charge in [-0.25, -0.2) is 0 Å². The van der Waals surface area contributed by atoms with E-state index in [-0.39, 0.29) is 36.3 Å². The largest absolute Gasteiger partial charge is 0.350 e. The molecule has 138 valence electrons. The van der Waals surface area contributed by atoms with Gasteiger partial charge in [0.2, 0.25) is 5.91 Å². The number of hydrogen-bond donors (Lipinski definition) is 2. The Bertz CT molecular complexity index is 610. The number of amides is 2. The summed E-state index contributed by atoms with van der Waals surface area (Å²) in [6.07, 6.45) is 3.63. The van der Waals surface area contributed by atoms with Gasteiger partial charge in [-0.1, -0.05) is 18.2 Å². The molecule has 2 aliphatic heterocycles. The lowest BCUT2D eigenvalue weighted by Gasteiger charge is -2.37. The Morgan fingerprint density at radius 2 is 1.96 bits per heavy atom. The van der Waals surface area contributed by atoms with Gasteiger partial charge >= 0.3 is 0 Å². The van der Waals surface area contributed by atoms with E-state index >= 15 is 0 Å². The van der Waals surface area contributed by atoms with Crippen molar-refractivity contribution in [2.75, 3.05) is 13.1 Å². The second-order valence-corrected chi connectivity index (χ2v) is 7.17. The molecule has 5 nitrogen and oxygen atoms in total. The third kappa shape index (κ3) is 3.98. The van der Waals surface area contributed by atoms with Crippen LogP contribution in [0.15, 0.2) is 30.3 Å². The standard InChI is InChI=1S/C19H27N3O2.ClH/c1-14-16(10-6-12-20-14)21-18(24)19(2)11-7-13-22(19)17(23)15-8-4-3-5-9-15;/h3-5,8-9,14,16,20H,6-7,10-13H2,1-2H3,(H,21,24);1H. The molecule has 3 atom stereocenters. The number of likely N-dealkylation sites (tertiary alicyclic amines) is 1. The summed E-state index contributed by atoms with van der Waals surface area (Å²) in [6.45, 7) is 5.64. The summed E-state index contributed by atoms with van der Waals surface area (Å²) in [5.41, 5.74) is -0.115. The van der Waals surface area contributed by atoms with Gasteiger partial charge in [0.1, 0.15) is 5.54 Å². The Morgan fingerprint density at radius 3 is 2.64 bits per heavy atom. The van der Waals surface area contributed by atoms with Crippen LogP contribution in [0.3, 0.4) is 0 Å². The van der Waals surface area contributed by atoms with Crippen LogP contribution < -0.4 is 10.6 Å². The number of benzene rings is 1. The molecule has 25 heavy (non-hydrogen) atoms. The van der Waals surface area contributed by atoms with E-state index in [1.165, 1.54) is 0 Å². The van der Waals surface area contributed by atoms with Crippen LogP contribution >= 0.6 is 12.4 Å². The maximum Gasteiger partial charge on any atom is 0.254 e. The minimum Gasteiger partial charge on any atom is -0.350 e. The monoisotopic (exact) mass is 365 g/mol. The third-order valence-electron chi connectivity index (χ3n) is 5.47. The summed E-state index contributed by atoms with van der Waals surface area (Å²) >= 11 is 0. The summed E-state index contributed by atoms with van der Waals surface area (Å²) in [6, 6.07) is 9.64. The Morgan fingerprint density at radius 1 is 1.24 bits per heavy atom. The van der Waals surface area contributed by atoms with E-state index in [0.717, 1.165) is 25.8 Å². The highest BCUT2D eigenvalue weighted by Crippen LogP contribution is 2.31. The smallest absolute Gasteiger partial charge is 0.254 e. The van der Waals surface area contributed by atoms with E-state index < -0.39 is 5.54 Å². The van der Waals surface area contributed by atoms with E-state index in [9.17, 15) is 9.59 Å². The van der Waals surface area contributed by atoms with Crippen molar-refractivity contribution < 1.29 is 9.59 Å². The van der Waals surface area contributed by atoms with Gasteiger partial charge in [0.05, 0.1) is 0 Å². The topological polar surface area (TPSA) is 61.4 Å². The van der Waals surface area contributed by atoms with Gasteiger partial charge in [0.15, 0.2) is 0 Å². The molecule has 1 aromatic rings. The second-order valence-electron chi connectivity index (χ2n) is 7.17. The molecule has 3 unspecified atom stereocenters. The molecule has 2 amide bonds. The first kappa shape index (κ1) is 19.7. The van der Waals surface area contributed by atoms with Gasteiger partial charge in [0, 0.05) is 24.2 Å². The number of nitrogens with zero attached hydrogens (tertiary/aromatic N) is 1. The molecule has 2 N–H and O–H groups in total. The lowest BCUT2D eigenvalue weighted by Crippen LogP contribution is -2.60. The molecule has 3 rings (SSSR count). The highest BCUT2D eigenvalue weighted by molar-refractivity contribution is 5.99. The zero-order valence-electron chi connectivity index (χ0n) is 15.0. The first-order valence-corrected chi connectivity index (χ1v) is 8.94. The SMILES string of the molecule is CC1NCCCC1NC(=O)C1(C)CCCN1C(=O)c1ccccc1.Cl. The number of carbonyl (C=O) groups is 2. The van der Waals surface area contributed by atoms with Gasteiger partial charge in [-0.2, -0.15) is 0 Å². The summed E-state index contributed by atoms with van der Waals surface area (Å²) in [5.74, 6) is -0.0783. The van der Waals surface area contributed by atoms with Gasteiger partial charge in [-0.15, -0.1) is 12.4 Å². The minimum atomic E-state index is -0.760. The lowest BCUT2D eigenvalue weighted by molar-refractivity contribution is -0.131. The highest BCUT2D eigenvalue weighted by atomic mass is 35.5. The van der Waals surface area contributed by atoms with E-state index in [2.05, 4.69) is 17.6 Å². The maximum absolute atomic E-state index is 13.0. The zero-order chi connectivity index (χ0) is 17.2. The van der Waals surface area contributed by atoms with Crippen LogP contribution in [-0.4, -0.2) is 47.4 Å². The van der Waals surface area contributed by atoms with Crippen LogP contribution in [0, 0.1) is 0 Å². The predicted octanol–water partition coefficient (Wildman–Crippen LogP) is 2.36. The van der Waals surface area contributed by atoms with E-state index in [0.29, 0.717) is 18.5 Å². The molecule has 6 heteroatoms. The molecule has 0 radical (unpaired) electrons. The molecular weight excluding hydrogens is 338 g/mol. The van der Waals surface area contributed by atoms with Gasteiger partial charge < -0.3 is 15.5 Å². The van der Waals surface area contributed by atoms with Crippen molar-refractivity contribution in [3.05, 3.63) is 35.9 Å². The Hall–Kier alpha value is -1.59. The van der Waals surface area contributed by atoms with Crippen LogP contribution in [-0.2, 0) is 4.79 Å². The molecule has 0 saturated carbocycles. The number of carbonyl (C=O) groups excluding carboxylic acids is 2. The molecular formula is C19H28ClN3O2. The van der Waals surface area contributed by atoms with Gasteiger partial charge in [-0.05, 0) is 58.2 Å². The Balaban J connectivity index is 0.00000225. The molecule has 0 spiro atoms. The van der Waals surface area contributed by atoms with Crippen LogP contribution in [0.1, 0.15) is 49.9 Å². The highest BCUT2D eigenvalue weighted by Gasteiger charge is 2.46. The summed E-state index contributed by atoms with van der Waals surface area (Å²) in [5, 5.41) is 6.60. The van der Waals surface area contributed by atoms with Crippen molar-refractivity contribution in [1.82, 2.24) is 15.5 Å². The van der Waals surface area contributed by atoms with Crippen molar-refractivity contribution in [1.29, 1.82) is 0 Å². The van der Waals surface area contributed by atoms with Crippen LogP contribution in [0.4, 0.5) is 0 Å². The van der Waals surface area contributed by atoms with Gasteiger partial charge in [-0.3, -0.25) is 9.59 Å². The van der Waals surface area contributed by atoms with Crippen LogP contribution in [0.5, 0.6) is 0 Å². The molecule has 0 aromatic heterocycles. The van der Waals surface area contributed by atoms with E-state index in [1.807, 2.05) is 37.3 Å². The van der Waals surface area contributed by atoms with Crippen molar-refractivity contribution in [3.8, 4) is 0 Å². The van der Waals surface area contributed by atoms with Crippen molar-refractivity contribution in [3.63, 3.8) is 0 Å². The number of piperidine rings is 1. The fourth-order valence-electron chi connectivity index (χ4n) is 3.83. The van der Waals surface area contributed by atoms with Gasteiger partial charge in [0.25, 0.3) is 5.91 Å². The number of halogens is 1. The Kier molecular flexibility index (Phi) is 6.47. The maximum atomic E-state index is 13.0. The minimum absolute atomic E-state index is 0. The van der Waals surface area contributed by atoms with Crippen molar-refractivity contribution in [2.45, 2.75) is 57.2 Å².